The minimum absolute atomic E-state index is 0.202. The van der Waals surface area contributed by atoms with Crippen molar-refractivity contribution in [1.29, 1.82) is 0 Å². The number of benzene rings is 1. The van der Waals surface area contributed by atoms with Crippen LogP contribution in [0.1, 0.15) is 32.2 Å². The molecule has 1 N–H and O–H groups in total. The van der Waals surface area contributed by atoms with E-state index in [4.69, 9.17) is 0 Å². The second-order valence-corrected chi connectivity index (χ2v) is 7.25. The Bertz CT molecular complexity index is 584. The molecule has 2 rings (SSSR count). The number of nitrogens with zero attached hydrogens (tertiary/aromatic N) is 2. The standard InChI is InChI=1S/C15H20FN3S2/c1-4-14-18-15(21-19-14)20-13-6-5-12(16)7-11(13)9-17-8-10(2)3/h5-7,10,17H,4,8-9H2,1-3H3. The lowest BCUT2D eigenvalue weighted by atomic mass is 10.2. The Morgan fingerprint density at radius 3 is 2.86 bits per heavy atom. The second kappa shape index (κ2) is 7.87. The zero-order chi connectivity index (χ0) is 15.2. The summed E-state index contributed by atoms with van der Waals surface area (Å²) in [4.78, 5) is 5.49. The lowest BCUT2D eigenvalue weighted by molar-refractivity contribution is 0.547. The number of hydrogen-bond donors (Lipinski definition) is 1. The fourth-order valence-corrected chi connectivity index (χ4v) is 3.57. The minimum atomic E-state index is -0.202. The van der Waals surface area contributed by atoms with Gasteiger partial charge in [0, 0.05) is 17.9 Å². The van der Waals surface area contributed by atoms with Crippen LogP contribution in [0.2, 0.25) is 0 Å². The van der Waals surface area contributed by atoms with E-state index in [0.29, 0.717) is 12.5 Å². The zero-order valence-corrected chi connectivity index (χ0v) is 14.2. The number of hydrogen-bond acceptors (Lipinski definition) is 5. The third kappa shape index (κ3) is 5.05. The molecule has 0 bridgehead atoms. The average molecular weight is 325 g/mol. The zero-order valence-electron chi connectivity index (χ0n) is 12.5. The van der Waals surface area contributed by atoms with Gasteiger partial charge in [0.05, 0.1) is 0 Å². The van der Waals surface area contributed by atoms with E-state index in [2.05, 4.69) is 28.5 Å². The van der Waals surface area contributed by atoms with E-state index in [9.17, 15) is 4.39 Å². The van der Waals surface area contributed by atoms with Crippen LogP contribution >= 0.6 is 23.3 Å². The molecular formula is C15H20FN3S2. The Kier molecular flexibility index (Phi) is 6.14. The Labute approximate surface area is 133 Å². The molecule has 0 radical (unpaired) electrons. The highest BCUT2D eigenvalue weighted by molar-refractivity contribution is 8.01. The SMILES string of the molecule is CCc1nsc(Sc2ccc(F)cc2CNCC(C)C)n1. The van der Waals surface area contributed by atoms with Gasteiger partial charge in [0.2, 0.25) is 0 Å². The topological polar surface area (TPSA) is 37.8 Å². The molecule has 0 aliphatic rings. The van der Waals surface area contributed by atoms with E-state index in [1.807, 2.05) is 13.0 Å². The molecule has 0 fully saturated rings. The minimum Gasteiger partial charge on any atom is -0.312 e. The van der Waals surface area contributed by atoms with Crippen molar-refractivity contribution in [2.24, 2.45) is 5.92 Å². The van der Waals surface area contributed by atoms with Gasteiger partial charge in [0.1, 0.15) is 11.6 Å². The molecule has 0 amide bonds. The summed E-state index contributed by atoms with van der Waals surface area (Å²) < 4.78 is 18.7. The predicted molar refractivity (Wildman–Crippen MR) is 86.4 cm³/mol. The smallest absolute Gasteiger partial charge is 0.174 e. The van der Waals surface area contributed by atoms with E-state index in [0.717, 1.165) is 33.6 Å². The van der Waals surface area contributed by atoms with Gasteiger partial charge < -0.3 is 5.32 Å². The Morgan fingerprint density at radius 2 is 2.19 bits per heavy atom. The molecule has 21 heavy (non-hydrogen) atoms. The van der Waals surface area contributed by atoms with Crippen LogP contribution in [0.15, 0.2) is 27.4 Å². The number of aryl methyl sites for hydroxylation is 1. The molecule has 1 aromatic carbocycles. The molecule has 0 spiro atoms. The summed E-state index contributed by atoms with van der Waals surface area (Å²) in [5, 5.41) is 3.36. The van der Waals surface area contributed by atoms with Crippen molar-refractivity contribution < 1.29 is 4.39 Å². The van der Waals surface area contributed by atoms with Crippen LogP contribution in [0.5, 0.6) is 0 Å². The molecule has 0 atom stereocenters. The van der Waals surface area contributed by atoms with Gasteiger partial charge in [0.25, 0.3) is 0 Å². The van der Waals surface area contributed by atoms with E-state index < -0.39 is 0 Å². The summed E-state index contributed by atoms with van der Waals surface area (Å²) in [5.74, 6) is 1.24. The summed E-state index contributed by atoms with van der Waals surface area (Å²) in [6.07, 6.45) is 0.837. The van der Waals surface area contributed by atoms with Gasteiger partial charge in [-0.3, -0.25) is 0 Å². The summed E-state index contributed by atoms with van der Waals surface area (Å²) in [7, 11) is 0. The third-order valence-corrected chi connectivity index (χ3v) is 4.76. The van der Waals surface area contributed by atoms with Gasteiger partial charge in [-0.25, -0.2) is 9.37 Å². The molecule has 6 heteroatoms. The van der Waals surface area contributed by atoms with Crippen LogP contribution in [0, 0.1) is 11.7 Å². The summed E-state index contributed by atoms with van der Waals surface area (Å²) in [6.45, 7) is 7.93. The number of halogens is 1. The van der Waals surface area contributed by atoms with Gasteiger partial charge in [0.15, 0.2) is 4.34 Å². The highest BCUT2D eigenvalue weighted by Gasteiger charge is 2.10. The van der Waals surface area contributed by atoms with Crippen molar-refractivity contribution >= 4 is 23.3 Å². The maximum atomic E-state index is 13.5. The maximum absolute atomic E-state index is 13.5. The van der Waals surface area contributed by atoms with Crippen molar-refractivity contribution in [2.75, 3.05) is 6.54 Å². The van der Waals surface area contributed by atoms with Crippen LogP contribution in [0.25, 0.3) is 0 Å². The first-order chi connectivity index (χ1) is 10.1. The van der Waals surface area contributed by atoms with Crippen LogP contribution in [0.4, 0.5) is 4.39 Å². The quantitative estimate of drug-likeness (QED) is 0.830. The molecule has 3 nitrogen and oxygen atoms in total. The third-order valence-electron chi connectivity index (χ3n) is 2.85. The predicted octanol–water partition coefficient (Wildman–Crippen LogP) is 4.14. The molecule has 0 aliphatic heterocycles. The highest BCUT2D eigenvalue weighted by atomic mass is 32.2. The molecule has 2 aromatic rings. The fourth-order valence-electron chi connectivity index (χ4n) is 1.80. The first kappa shape index (κ1) is 16.4. The average Bonchev–Trinajstić information content (AvgIpc) is 2.89. The van der Waals surface area contributed by atoms with Crippen molar-refractivity contribution in [3.63, 3.8) is 0 Å². The largest absolute Gasteiger partial charge is 0.312 e. The van der Waals surface area contributed by atoms with Gasteiger partial charge in [-0.1, -0.05) is 32.5 Å². The lowest BCUT2D eigenvalue weighted by Gasteiger charge is -2.11. The molecule has 0 saturated carbocycles. The molecule has 0 unspecified atom stereocenters. The van der Waals surface area contributed by atoms with Crippen molar-refractivity contribution in [1.82, 2.24) is 14.7 Å². The lowest BCUT2D eigenvalue weighted by Crippen LogP contribution is -2.19. The molecule has 0 saturated heterocycles. The normalized spacial score (nSPS) is 11.3. The van der Waals surface area contributed by atoms with Crippen LogP contribution < -0.4 is 5.32 Å². The summed E-state index contributed by atoms with van der Waals surface area (Å²) in [5.41, 5.74) is 0.967. The molecule has 1 heterocycles. The van der Waals surface area contributed by atoms with Crippen LogP contribution in [-0.2, 0) is 13.0 Å². The molecular weight excluding hydrogens is 305 g/mol. The van der Waals surface area contributed by atoms with Crippen molar-refractivity contribution in [3.05, 3.63) is 35.4 Å². The second-order valence-electron chi connectivity index (χ2n) is 5.21. The Balaban J connectivity index is 2.10. The molecule has 114 valence electrons. The van der Waals surface area contributed by atoms with Gasteiger partial charge in [-0.15, -0.1) is 0 Å². The van der Waals surface area contributed by atoms with Crippen LogP contribution in [-0.4, -0.2) is 15.9 Å². The van der Waals surface area contributed by atoms with Crippen molar-refractivity contribution in [3.8, 4) is 0 Å². The van der Waals surface area contributed by atoms with Gasteiger partial charge in [-0.2, -0.15) is 4.37 Å². The van der Waals surface area contributed by atoms with Gasteiger partial charge in [-0.05, 0) is 47.8 Å². The Morgan fingerprint density at radius 1 is 1.38 bits per heavy atom. The van der Waals surface area contributed by atoms with Crippen LogP contribution in [0.3, 0.4) is 0 Å². The molecule has 1 aromatic heterocycles. The highest BCUT2D eigenvalue weighted by Crippen LogP contribution is 2.32. The molecule has 0 aliphatic carbocycles. The first-order valence-electron chi connectivity index (χ1n) is 7.08. The summed E-state index contributed by atoms with van der Waals surface area (Å²) >= 11 is 2.95. The van der Waals surface area contributed by atoms with E-state index in [-0.39, 0.29) is 5.82 Å². The first-order valence-corrected chi connectivity index (χ1v) is 8.67. The van der Waals surface area contributed by atoms with E-state index in [1.165, 1.54) is 17.6 Å². The van der Waals surface area contributed by atoms with E-state index in [1.54, 1.807) is 17.8 Å². The van der Waals surface area contributed by atoms with Crippen molar-refractivity contribution in [2.45, 2.75) is 43.0 Å². The number of aromatic nitrogens is 2. The number of rotatable bonds is 7. The Hall–Kier alpha value is -0.980. The number of nitrogens with one attached hydrogen (secondary N) is 1. The fraction of sp³-hybridized carbons (Fsp3) is 0.467. The van der Waals surface area contributed by atoms with E-state index >= 15 is 0 Å². The summed E-state index contributed by atoms with van der Waals surface area (Å²) in [6, 6.07) is 4.91. The van der Waals surface area contributed by atoms with Gasteiger partial charge >= 0.3 is 0 Å². The maximum Gasteiger partial charge on any atom is 0.174 e. The monoisotopic (exact) mass is 325 g/mol.